The van der Waals surface area contributed by atoms with Crippen molar-refractivity contribution in [3.05, 3.63) is 104 Å². The zero-order chi connectivity index (χ0) is 21.1. The lowest BCUT2D eigenvalue weighted by Gasteiger charge is -2.07. The first-order valence-electron chi connectivity index (χ1n) is 9.16. The van der Waals surface area contributed by atoms with E-state index in [1.807, 2.05) is 60.7 Å². The van der Waals surface area contributed by atoms with Crippen molar-refractivity contribution in [3.63, 3.8) is 0 Å². The number of fused-ring (bicyclic) bond motifs is 1. The highest BCUT2D eigenvalue weighted by Gasteiger charge is 2.14. The van der Waals surface area contributed by atoms with E-state index < -0.39 is 11.2 Å². The number of benzene rings is 2. The van der Waals surface area contributed by atoms with E-state index in [9.17, 15) is 9.59 Å². The van der Waals surface area contributed by atoms with E-state index in [2.05, 4.69) is 33.6 Å². The fourth-order valence-electron chi connectivity index (χ4n) is 2.85. The van der Waals surface area contributed by atoms with Crippen LogP contribution in [-0.4, -0.2) is 19.1 Å². The van der Waals surface area contributed by atoms with Gasteiger partial charge in [-0.1, -0.05) is 48.2 Å². The average Bonchev–Trinajstić information content (AvgIpc) is 2.80. The predicted molar refractivity (Wildman–Crippen MR) is 115 cm³/mol. The number of nitrogens with zero attached hydrogens (tertiary/aromatic N) is 4. The fraction of sp³-hybridized carbons (Fsp3) is 0.0833. The number of aromatic nitrogens is 4. The van der Waals surface area contributed by atoms with Crippen LogP contribution in [0.4, 0.5) is 0 Å². The molecule has 0 saturated carbocycles. The van der Waals surface area contributed by atoms with Crippen LogP contribution >= 0.6 is 0 Å². The fourth-order valence-corrected chi connectivity index (χ4v) is 2.85. The highest BCUT2D eigenvalue weighted by atomic mass is 16.2. The molecule has 4 rings (SSSR count). The summed E-state index contributed by atoms with van der Waals surface area (Å²) in [5.41, 5.74) is 1.43. The third-order valence-electron chi connectivity index (χ3n) is 4.47. The number of hydrogen-bond acceptors (Lipinski definition) is 4. The van der Waals surface area contributed by atoms with Crippen LogP contribution in [0.25, 0.3) is 11.2 Å². The van der Waals surface area contributed by atoms with Gasteiger partial charge in [0, 0.05) is 25.2 Å². The van der Waals surface area contributed by atoms with Gasteiger partial charge in [0.15, 0.2) is 11.2 Å². The minimum atomic E-state index is -0.522. The van der Waals surface area contributed by atoms with Crippen molar-refractivity contribution < 1.29 is 0 Å². The second kappa shape index (κ2) is 7.90. The van der Waals surface area contributed by atoms with E-state index in [0.29, 0.717) is 5.69 Å². The first kappa shape index (κ1) is 18.9. The van der Waals surface area contributed by atoms with Crippen LogP contribution in [0.2, 0.25) is 0 Å². The Morgan fingerprint density at radius 3 is 1.70 bits per heavy atom. The molecule has 2 heterocycles. The Bertz CT molecular complexity index is 1490. The molecule has 4 aromatic rings. The first-order valence-corrected chi connectivity index (χ1v) is 9.16. The first-order chi connectivity index (χ1) is 14.5. The molecule has 0 bridgehead atoms. The Hall–Kier alpha value is -4.42. The van der Waals surface area contributed by atoms with E-state index >= 15 is 0 Å². The van der Waals surface area contributed by atoms with E-state index in [1.165, 1.54) is 11.6 Å². The van der Waals surface area contributed by atoms with E-state index in [0.717, 1.165) is 15.7 Å². The molecule has 0 amide bonds. The summed E-state index contributed by atoms with van der Waals surface area (Å²) in [7, 11) is 2.95. The van der Waals surface area contributed by atoms with Crippen molar-refractivity contribution in [1.82, 2.24) is 19.1 Å². The smallest absolute Gasteiger partial charge is 0.279 e. The highest BCUT2D eigenvalue weighted by molar-refractivity contribution is 5.71. The highest BCUT2D eigenvalue weighted by Crippen LogP contribution is 2.08. The summed E-state index contributed by atoms with van der Waals surface area (Å²) in [6.07, 6.45) is 0. The van der Waals surface area contributed by atoms with E-state index in [1.54, 1.807) is 7.05 Å². The molecule has 0 aliphatic carbocycles. The van der Waals surface area contributed by atoms with Gasteiger partial charge in [0.05, 0.1) is 0 Å². The molecule has 0 saturated heterocycles. The molecule has 2 aromatic heterocycles. The average molecular weight is 392 g/mol. The lowest BCUT2D eigenvalue weighted by molar-refractivity contribution is 0.703. The van der Waals surface area contributed by atoms with E-state index in [-0.39, 0.29) is 16.9 Å². The molecular weight excluding hydrogens is 376 g/mol. The third-order valence-corrected chi connectivity index (χ3v) is 4.47. The summed E-state index contributed by atoms with van der Waals surface area (Å²) in [6, 6.07) is 18.9. The summed E-state index contributed by atoms with van der Waals surface area (Å²) in [5, 5.41) is 0. The van der Waals surface area contributed by atoms with Crippen molar-refractivity contribution >= 4 is 11.2 Å². The summed E-state index contributed by atoms with van der Waals surface area (Å²) in [5.74, 6) is 12.0. The van der Waals surface area contributed by atoms with Crippen LogP contribution in [-0.2, 0) is 14.1 Å². The summed E-state index contributed by atoms with van der Waals surface area (Å²) < 4.78 is 2.28. The number of hydrogen-bond donors (Lipinski definition) is 0. The van der Waals surface area contributed by atoms with Crippen molar-refractivity contribution in [2.75, 3.05) is 0 Å². The van der Waals surface area contributed by atoms with Crippen LogP contribution in [0.3, 0.4) is 0 Å². The Morgan fingerprint density at radius 1 is 0.667 bits per heavy atom. The van der Waals surface area contributed by atoms with Crippen LogP contribution in [0.1, 0.15) is 22.5 Å². The van der Waals surface area contributed by atoms with Crippen molar-refractivity contribution in [1.29, 1.82) is 0 Å². The van der Waals surface area contributed by atoms with E-state index in [4.69, 9.17) is 0 Å². The van der Waals surface area contributed by atoms with Gasteiger partial charge in [-0.05, 0) is 36.1 Å². The Kier molecular flexibility index (Phi) is 4.99. The predicted octanol–water partition coefficient (Wildman–Crippen LogP) is 1.83. The lowest BCUT2D eigenvalue weighted by Crippen LogP contribution is -2.38. The van der Waals surface area contributed by atoms with Crippen LogP contribution < -0.4 is 11.2 Å². The Morgan fingerprint density at radius 2 is 1.17 bits per heavy atom. The van der Waals surface area contributed by atoms with Gasteiger partial charge < -0.3 is 0 Å². The van der Waals surface area contributed by atoms with Gasteiger partial charge >= 0.3 is 5.69 Å². The standard InChI is InChI=1S/C24H16N4O2/c1-27-22-21(23(29)28(2)24(27)30)25-19(15-13-17-9-5-3-6-10-17)20(26-22)16-14-18-11-7-4-8-12-18/h3-12H,1-2H3. The molecule has 0 radical (unpaired) electrons. The molecule has 144 valence electrons. The van der Waals surface area contributed by atoms with Crippen molar-refractivity contribution in [2.24, 2.45) is 14.1 Å². The Balaban J connectivity index is 1.98. The summed E-state index contributed by atoms with van der Waals surface area (Å²) in [6.45, 7) is 0. The Labute approximate surface area is 172 Å². The van der Waals surface area contributed by atoms with Gasteiger partial charge in [-0.25, -0.2) is 14.8 Å². The van der Waals surface area contributed by atoms with Crippen LogP contribution in [0, 0.1) is 23.7 Å². The maximum absolute atomic E-state index is 12.6. The third kappa shape index (κ3) is 3.63. The van der Waals surface area contributed by atoms with Gasteiger partial charge in [0.25, 0.3) is 5.56 Å². The molecule has 0 atom stereocenters. The quantitative estimate of drug-likeness (QED) is 0.428. The zero-order valence-corrected chi connectivity index (χ0v) is 16.4. The molecule has 6 heteroatoms. The molecular formula is C24H16N4O2. The second-order valence-corrected chi connectivity index (χ2v) is 6.53. The molecule has 30 heavy (non-hydrogen) atoms. The van der Waals surface area contributed by atoms with Gasteiger partial charge in [-0.15, -0.1) is 0 Å². The molecule has 2 aromatic carbocycles. The summed E-state index contributed by atoms with van der Waals surface area (Å²) in [4.78, 5) is 33.8. The van der Waals surface area contributed by atoms with Crippen LogP contribution in [0.5, 0.6) is 0 Å². The molecule has 0 fully saturated rings. The SMILES string of the molecule is Cn1c(=O)c2nc(C#Cc3ccccc3)c(C#Cc3ccccc3)nc2n(C)c1=O. The molecule has 0 N–H and O–H groups in total. The maximum Gasteiger partial charge on any atom is 0.332 e. The molecule has 0 aliphatic heterocycles. The van der Waals surface area contributed by atoms with Crippen molar-refractivity contribution in [2.45, 2.75) is 0 Å². The van der Waals surface area contributed by atoms with Gasteiger partial charge in [0.2, 0.25) is 0 Å². The van der Waals surface area contributed by atoms with Crippen LogP contribution in [0.15, 0.2) is 70.3 Å². The molecule has 6 nitrogen and oxygen atoms in total. The minimum Gasteiger partial charge on any atom is -0.279 e. The topological polar surface area (TPSA) is 69.8 Å². The monoisotopic (exact) mass is 392 g/mol. The minimum absolute atomic E-state index is 0.0715. The largest absolute Gasteiger partial charge is 0.332 e. The lowest BCUT2D eigenvalue weighted by atomic mass is 10.2. The van der Waals surface area contributed by atoms with Gasteiger partial charge in [-0.3, -0.25) is 13.9 Å². The number of aryl methyl sites for hydroxylation is 1. The normalized spacial score (nSPS) is 10.1. The molecule has 0 spiro atoms. The van der Waals surface area contributed by atoms with Gasteiger partial charge in [0.1, 0.15) is 11.4 Å². The molecule has 0 aliphatic rings. The summed E-state index contributed by atoms with van der Waals surface area (Å²) >= 11 is 0. The second-order valence-electron chi connectivity index (χ2n) is 6.53. The van der Waals surface area contributed by atoms with Gasteiger partial charge in [-0.2, -0.15) is 0 Å². The van der Waals surface area contributed by atoms with Crippen molar-refractivity contribution in [3.8, 4) is 23.7 Å². The maximum atomic E-state index is 12.6. The molecule has 0 unspecified atom stereocenters. The number of rotatable bonds is 0. The zero-order valence-electron chi connectivity index (χ0n) is 16.4.